The van der Waals surface area contributed by atoms with Crippen LogP contribution in [0.3, 0.4) is 0 Å². The molecule has 3 unspecified atom stereocenters. The fourth-order valence-electron chi connectivity index (χ4n) is 3.61. The van der Waals surface area contributed by atoms with Crippen LogP contribution in [0.5, 0.6) is 0 Å². The lowest BCUT2D eigenvalue weighted by Crippen LogP contribution is -2.32. The SMILES string of the molecule is CC(NCC(O)CP(=O)(O)CC1CCCCC1)c1cccc(C(=O)O)c1. The van der Waals surface area contributed by atoms with Crippen molar-refractivity contribution < 1.29 is 24.5 Å². The van der Waals surface area contributed by atoms with Gasteiger partial charge in [0.05, 0.1) is 17.8 Å². The number of aliphatic hydroxyl groups excluding tert-OH is 1. The molecule has 0 heterocycles. The molecule has 0 aliphatic heterocycles. The van der Waals surface area contributed by atoms with E-state index in [9.17, 15) is 19.4 Å². The highest BCUT2D eigenvalue weighted by Crippen LogP contribution is 2.45. The zero-order valence-corrected chi connectivity index (χ0v) is 16.2. The molecule has 26 heavy (non-hydrogen) atoms. The van der Waals surface area contributed by atoms with Gasteiger partial charge in [0.2, 0.25) is 7.37 Å². The highest BCUT2D eigenvalue weighted by atomic mass is 31.2. The molecule has 1 aliphatic rings. The summed E-state index contributed by atoms with van der Waals surface area (Å²) in [4.78, 5) is 21.3. The summed E-state index contributed by atoms with van der Waals surface area (Å²) in [6.45, 7) is 2.06. The Labute approximate surface area is 155 Å². The first-order valence-electron chi connectivity index (χ1n) is 9.32. The number of aliphatic hydroxyl groups is 1. The Kier molecular flexibility index (Phi) is 7.84. The minimum atomic E-state index is -3.34. The van der Waals surface area contributed by atoms with Crippen LogP contribution in [0.25, 0.3) is 0 Å². The van der Waals surface area contributed by atoms with Gasteiger partial charge in [0.1, 0.15) is 0 Å². The van der Waals surface area contributed by atoms with Crippen molar-refractivity contribution in [1.29, 1.82) is 0 Å². The van der Waals surface area contributed by atoms with Crippen molar-refractivity contribution >= 4 is 13.3 Å². The molecule has 0 aromatic heterocycles. The van der Waals surface area contributed by atoms with Crippen molar-refractivity contribution in [2.45, 2.75) is 51.2 Å². The zero-order chi connectivity index (χ0) is 19.2. The minimum Gasteiger partial charge on any atom is -0.478 e. The summed E-state index contributed by atoms with van der Waals surface area (Å²) in [5, 5.41) is 22.3. The lowest BCUT2D eigenvalue weighted by atomic mass is 9.91. The Morgan fingerprint density at radius 1 is 1.31 bits per heavy atom. The minimum absolute atomic E-state index is 0.0988. The molecule has 2 rings (SSSR count). The third-order valence-electron chi connectivity index (χ3n) is 5.06. The van der Waals surface area contributed by atoms with Crippen molar-refractivity contribution in [3.63, 3.8) is 0 Å². The van der Waals surface area contributed by atoms with Crippen LogP contribution in [-0.2, 0) is 4.57 Å². The number of hydrogen-bond donors (Lipinski definition) is 4. The van der Waals surface area contributed by atoms with Gasteiger partial charge < -0.3 is 20.4 Å². The van der Waals surface area contributed by atoms with E-state index in [0.29, 0.717) is 12.1 Å². The molecule has 1 aromatic rings. The number of benzene rings is 1. The average molecular weight is 383 g/mol. The van der Waals surface area contributed by atoms with Gasteiger partial charge in [0.15, 0.2) is 0 Å². The van der Waals surface area contributed by atoms with E-state index >= 15 is 0 Å². The first-order chi connectivity index (χ1) is 12.3. The predicted molar refractivity (Wildman–Crippen MR) is 102 cm³/mol. The van der Waals surface area contributed by atoms with Crippen molar-refractivity contribution in [2.24, 2.45) is 5.92 Å². The van der Waals surface area contributed by atoms with Gasteiger partial charge in [-0.05, 0) is 43.4 Å². The first-order valence-corrected chi connectivity index (χ1v) is 11.4. The van der Waals surface area contributed by atoms with E-state index in [1.807, 2.05) is 13.0 Å². The van der Waals surface area contributed by atoms with Crippen molar-refractivity contribution in [2.75, 3.05) is 18.9 Å². The molecule has 0 saturated heterocycles. The van der Waals surface area contributed by atoms with Gasteiger partial charge in [-0.15, -0.1) is 0 Å². The molecular formula is C19H30NO5P. The summed E-state index contributed by atoms with van der Waals surface area (Å²) in [6, 6.07) is 6.45. The van der Waals surface area contributed by atoms with Crippen LogP contribution >= 0.6 is 7.37 Å². The molecule has 1 fully saturated rings. The van der Waals surface area contributed by atoms with E-state index in [2.05, 4.69) is 5.32 Å². The maximum Gasteiger partial charge on any atom is 0.335 e. The Balaban J connectivity index is 1.81. The monoisotopic (exact) mass is 383 g/mol. The average Bonchev–Trinajstić information content (AvgIpc) is 2.59. The number of carbonyl (C=O) groups is 1. The second-order valence-corrected chi connectivity index (χ2v) is 9.85. The van der Waals surface area contributed by atoms with E-state index in [1.54, 1.807) is 12.1 Å². The van der Waals surface area contributed by atoms with Gasteiger partial charge in [0, 0.05) is 18.7 Å². The number of hydrogen-bond acceptors (Lipinski definition) is 4. The molecule has 1 saturated carbocycles. The Morgan fingerprint density at radius 2 is 2.00 bits per heavy atom. The Hall–Kier alpha value is -1.20. The molecule has 146 valence electrons. The normalized spacial score (nSPS) is 20.3. The van der Waals surface area contributed by atoms with Crippen LogP contribution < -0.4 is 5.32 Å². The molecule has 3 atom stereocenters. The van der Waals surface area contributed by atoms with Gasteiger partial charge in [0.25, 0.3) is 0 Å². The van der Waals surface area contributed by atoms with Gasteiger partial charge in [-0.3, -0.25) is 4.57 Å². The molecule has 1 aromatic carbocycles. The molecule has 0 bridgehead atoms. The highest BCUT2D eigenvalue weighted by molar-refractivity contribution is 7.58. The third-order valence-corrected chi connectivity index (χ3v) is 7.14. The standard InChI is InChI=1S/C19H30NO5P/c1-14(16-8-5-9-17(10-16)19(22)23)20-11-18(21)13-26(24,25)12-15-6-3-2-4-7-15/h5,8-10,14-15,18,20-21H,2-4,6-7,11-13H2,1H3,(H,22,23)(H,24,25). The van der Waals surface area contributed by atoms with Gasteiger partial charge in [-0.25, -0.2) is 4.79 Å². The summed E-state index contributed by atoms with van der Waals surface area (Å²) in [6.07, 6.45) is 4.78. The van der Waals surface area contributed by atoms with Gasteiger partial charge in [-0.2, -0.15) is 0 Å². The Bertz CT molecular complexity index is 645. The summed E-state index contributed by atoms with van der Waals surface area (Å²) in [5.41, 5.74) is 1.01. The fourth-order valence-corrected chi connectivity index (χ4v) is 5.72. The number of carboxylic acids is 1. The summed E-state index contributed by atoms with van der Waals surface area (Å²) >= 11 is 0. The van der Waals surface area contributed by atoms with E-state index in [4.69, 9.17) is 5.11 Å². The molecule has 0 radical (unpaired) electrons. The highest BCUT2D eigenvalue weighted by Gasteiger charge is 2.28. The largest absolute Gasteiger partial charge is 0.478 e. The van der Waals surface area contributed by atoms with Crippen molar-refractivity contribution in [1.82, 2.24) is 5.32 Å². The number of aromatic carboxylic acids is 1. The molecule has 4 N–H and O–H groups in total. The van der Waals surface area contributed by atoms with Gasteiger partial charge >= 0.3 is 5.97 Å². The van der Waals surface area contributed by atoms with Crippen LogP contribution in [0, 0.1) is 5.92 Å². The van der Waals surface area contributed by atoms with Crippen LogP contribution in [0.4, 0.5) is 0 Å². The van der Waals surface area contributed by atoms with E-state index in [1.165, 1.54) is 12.5 Å². The van der Waals surface area contributed by atoms with E-state index < -0.39 is 19.4 Å². The van der Waals surface area contributed by atoms with Crippen molar-refractivity contribution in [3.05, 3.63) is 35.4 Å². The second kappa shape index (κ2) is 9.65. The summed E-state index contributed by atoms with van der Waals surface area (Å²) in [7, 11) is -3.34. The van der Waals surface area contributed by atoms with Crippen LogP contribution in [0.15, 0.2) is 24.3 Å². The number of nitrogens with one attached hydrogen (secondary N) is 1. The predicted octanol–water partition coefficient (Wildman–Crippen LogP) is 3.25. The van der Waals surface area contributed by atoms with E-state index in [-0.39, 0.29) is 24.3 Å². The fraction of sp³-hybridized carbons (Fsp3) is 0.632. The molecule has 0 amide bonds. The smallest absolute Gasteiger partial charge is 0.335 e. The lowest BCUT2D eigenvalue weighted by molar-refractivity contribution is 0.0696. The second-order valence-electron chi connectivity index (χ2n) is 7.43. The van der Waals surface area contributed by atoms with Crippen LogP contribution in [-0.4, -0.2) is 46.0 Å². The maximum atomic E-state index is 12.4. The van der Waals surface area contributed by atoms with Crippen LogP contribution in [0.2, 0.25) is 0 Å². The summed E-state index contributed by atoms with van der Waals surface area (Å²) < 4.78 is 12.4. The zero-order valence-electron chi connectivity index (χ0n) is 15.3. The topological polar surface area (TPSA) is 107 Å². The van der Waals surface area contributed by atoms with Crippen LogP contribution in [0.1, 0.15) is 61.0 Å². The lowest BCUT2D eigenvalue weighted by Gasteiger charge is -2.25. The molecule has 7 heteroatoms. The molecule has 6 nitrogen and oxygen atoms in total. The number of rotatable bonds is 9. The molecular weight excluding hydrogens is 353 g/mol. The molecule has 0 spiro atoms. The molecule has 1 aliphatic carbocycles. The Morgan fingerprint density at radius 3 is 2.65 bits per heavy atom. The quantitative estimate of drug-likeness (QED) is 0.488. The third kappa shape index (κ3) is 6.84. The summed E-state index contributed by atoms with van der Waals surface area (Å²) in [5.74, 6) is -0.680. The maximum absolute atomic E-state index is 12.4. The van der Waals surface area contributed by atoms with Gasteiger partial charge in [-0.1, -0.05) is 31.4 Å². The number of carboxylic acid groups (broad SMARTS) is 1. The van der Waals surface area contributed by atoms with Crippen molar-refractivity contribution in [3.8, 4) is 0 Å². The van der Waals surface area contributed by atoms with E-state index in [0.717, 1.165) is 31.2 Å². The first kappa shape index (κ1) is 21.1.